The Morgan fingerprint density at radius 1 is 1.26 bits per heavy atom. The Kier molecular flexibility index (Phi) is 3.77. The van der Waals surface area contributed by atoms with E-state index in [-0.39, 0.29) is 24.0 Å². The van der Waals surface area contributed by atoms with Gasteiger partial charge in [0.25, 0.3) is 0 Å². The number of carbonyl (C=O) groups is 1. The van der Waals surface area contributed by atoms with Crippen LogP contribution in [0, 0.1) is 0 Å². The first-order chi connectivity index (χ1) is 11.0. The van der Waals surface area contributed by atoms with E-state index in [9.17, 15) is 4.79 Å². The van der Waals surface area contributed by atoms with Crippen molar-refractivity contribution in [1.29, 1.82) is 0 Å². The van der Waals surface area contributed by atoms with E-state index in [4.69, 9.17) is 9.47 Å². The summed E-state index contributed by atoms with van der Waals surface area (Å²) in [6.45, 7) is 4.46. The standard InChI is InChI=1S/C14H18N6O3/c1-8(2)20-7-16-11-10(20)6-19(14(21)17-11)9-5-15-13(23-4)18-12(9)22-3/h5,7-8H,6H2,1-4H3,(H,17,21). The molecule has 122 valence electrons. The van der Waals surface area contributed by atoms with Crippen molar-refractivity contribution < 1.29 is 14.3 Å². The second kappa shape index (κ2) is 5.75. The molecule has 1 N–H and O–H groups in total. The summed E-state index contributed by atoms with van der Waals surface area (Å²) in [5.41, 5.74) is 1.38. The number of urea groups is 1. The SMILES string of the molecule is COc1ncc(N2Cc3c(ncn3C(C)C)NC2=O)c(OC)n1. The maximum absolute atomic E-state index is 12.4. The molecule has 1 aliphatic rings. The van der Waals surface area contributed by atoms with Gasteiger partial charge >= 0.3 is 12.0 Å². The summed E-state index contributed by atoms with van der Waals surface area (Å²) in [5.74, 6) is 0.847. The Balaban J connectivity index is 2.01. The molecule has 2 amide bonds. The van der Waals surface area contributed by atoms with Gasteiger partial charge in [0, 0.05) is 6.04 Å². The van der Waals surface area contributed by atoms with Crippen LogP contribution < -0.4 is 19.7 Å². The van der Waals surface area contributed by atoms with Gasteiger partial charge in [0.2, 0.25) is 5.88 Å². The maximum atomic E-state index is 12.4. The molecule has 0 bridgehead atoms. The molecule has 0 saturated heterocycles. The third-order valence-electron chi connectivity index (χ3n) is 3.61. The Morgan fingerprint density at radius 2 is 2.04 bits per heavy atom. The van der Waals surface area contributed by atoms with E-state index < -0.39 is 0 Å². The van der Waals surface area contributed by atoms with Crippen molar-refractivity contribution in [3.05, 3.63) is 18.2 Å². The molecule has 9 nitrogen and oxygen atoms in total. The van der Waals surface area contributed by atoms with Gasteiger partial charge in [-0.15, -0.1) is 0 Å². The number of aromatic nitrogens is 4. The molecule has 0 atom stereocenters. The van der Waals surface area contributed by atoms with Crippen LogP contribution in [0.4, 0.5) is 16.3 Å². The number of rotatable bonds is 4. The minimum atomic E-state index is -0.307. The number of ether oxygens (including phenoxy) is 2. The molecule has 0 fully saturated rings. The van der Waals surface area contributed by atoms with Gasteiger partial charge in [0.05, 0.1) is 39.0 Å². The van der Waals surface area contributed by atoms with Crippen LogP contribution >= 0.6 is 0 Å². The van der Waals surface area contributed by atoms with Crippen LogP contribution in [0.1, 0.15) is 25.6 Å². The number of methoxy groups -OCH3 is 2. The van der Waals surface area contributed by atoms with Gasteiger partial charge in [0.15, 0.2) is 5.82 Å². The predicted molar refractivity (Wildman–Crippen MR) is 82.9 cm³/mol. The van der Waals surface area contributed by atoms with E-state index in [0.717, 1.165) is 5.69 Å². The first-order valence-electron chi connectivity index (χ1n) is 7.14. The number of hydrogen-bond donors (Lipinski definition) is 1. The Morgan fingerprint density at radius 3 is 2.70 bits per heavy atom. The highest BCUT2D eigenvalue weighted by Crippen LogP contribution is 2.33. The highest BCUT2D eigenvalue weighted by molar-refractivity contribution is 6.04. The van der Waals surface area contributed by atoms with Crippen molar-refractivity contribution in [1.82, 2.24) is 19.5 Å². The average molecular weight is 318 g/mol. The van der Waals surface area contributed by atoms with Crippen LogP contribution in [0.3, 0.4) is 0 Å². The van der Waals surface area contributed by atoms with Crippen molar-refractivity contribution in [2.45, 2.75) is 26.4 Å². The van der Waals surface area contributed by atoms with Crippen LogP contribution in [0.25, 0.3) is 0 Å². The molecule has 23 heavy (non-hydrogen) atoms. The Bertz CT molecular complexity index is 742. The van der Waals surface area contributed by atoms with Gasteiger partial charge in [-0.3, -0.25) is 10.2 Å². The number of carbonyl (C=O) groups excluding carboxylic acids is 1. The van der Waals surface area contributed by atoms with Crippen molar-refractivity contribution in [2.75, 3.05) is 24.4 Å². The fourth-order valence-electron chi connectivity index (χ4n) is 2.46. The summed E-state index contributed by atoms with van der Waals surface area (Å²) in [4.78, 5) is 26.3. The third kappa shape index (κ3) is 2.54. The van der Waals surface area contributed by atoms with Crippen LogP contribution in [-0.4, -0.2) is 39.8 Å². The van der Waals surface area contributed by atoms with Crippen LogP contribution in [0.15, 0.2) is 12.5 Å². The first kappa shape index (κ1) is 15.1. The molecule has 3 heterocycles. The fraction of sp³-hybridized carbons (Fsp3) is 0.429. The largest absolute Gasteiger partial charge is 0.479 e. The van der Waals surface area contributed by atoms with Crippen LogP contribution in [-0.2, 0) is 6.54 Å². The average Bonchev–Trinajstić information content (AvgIpc) is 2.96. The van der Waals surface area contributed by atoms with E-state index in [1.807, 2.05) is 4.57 Å². The normalized spacial score (nSPS) is 13.8. The summed E-state index contributed by atoms with van der Waals surface area (Å²) >= 11 is 0. The molecule has 0 aliphatic carbocycles. The number of anilines is 2. The van der Waals surface area contributed by atoms with Gasteiger partial charge in [-0.25, -0.2) is 14.8 Å². The highest BCUT2D eigenvalue weighted by Gasteiger charge is 2.30. The number of hydrogen-bond acceptors (Lipinski definition) is 6. The Labute approximate surface area is 133 Å². The van der Waals surface area contributed by atoms with Crippen molar-refractivity contribution >= 4 is 17.5 Å². The van der Waals surface area contributed by atoms with E-state index in [2.05, 4.69) is 34.1 Å². The van der Waals surface area contributed by atoms with Gasteiger partial charge in [-0.2, -0.15) is 4.98 Å². The molecule has 0 spiro atoms. The van der Waals surface area contributed by atoms with Crippen LogP contribution in [0.2, 0.25) is 0 Å². The van der Waals surface area contributed by atoms with Gasteiger partial charge in [0.1, 0.15) is 5.69 Å². The summed E-state index contributed by atoms with van der Waals surface area (Å²) in [6.07, 6.45) is 3.23. The lowest BCUT2D eigenvalue weighted by Gasteiger charge is -2.28. The molecule has 2 aromatic rings. The molecular formula is C14H18N6O3. The van der Waals surface area contributed by atoms with Gasteiger partial charge in [-0.1, -0.05) is 0 Å². The molecule has 1 aliphatic heterocycles. The number of fused-ring (bicyclic) bond motifs is 1. The fourth-order valence-corrected chi connectivity index (χ4v) is 2.46. The number of nitrogens with zero attached hydrogens (tertiary/aromatic N) is 5. The van der Waals surface area contributed by atoms with Crippen molar-refractivity contribution in [3.8, 4) is 11.9 Å². The second-order valence-corrected chi connectivity index (χ2v) is 5.31. The summed E-state index contributed by atoms with van der Waals surface area (Å²) in [6, 6.07) is 0.103. The topological polar surface area (TPSA) is 94.4 Å². The van der Waals surface area contributed by atoms with Gasteiger partial charge in [-0.05, 0) is 13.8 Å². The highest BCUT2D eigenvalue weighted by atomic mass is 16.5. The third-order valence-corrected chi connectivity index (χ3v) is 3.61. The van der Waals surface area contributed by atoms with Gasteiger partial charge < -0.3 is 14.0 Å². The minimum Gasteiger partial charge on any atom is -0.479 e. The lowest BCUT2D eigenvalue weighted by Crippen LogP contribution is -2.40. The smallest absolute Gasteiger partial charge is 0.328 e. The molecular weight excluding hydrogens is 300 g/mol. The predicted octanol–water partition coefficient (Wildman–Crippen LogP) is 1.82. The monoisotopic (exact) mass is 318 g/mol. The molecule has 2 aromatic heterocycles. The van der Waals surface area contributed by atoms with E-state index >= 15 is 0 Å². The lowest BCUT2D eigenvalue weighted by molar-refractivity contribution is 0.255. The summed E-state index contributed by atoms with van der Waals surface area (Å²) in [5, 5.41) is 2.78. The van der Waals surface area contributed by atoms with E-state index in [1.165, 1.54) is 25.3 Å². The zero-order chi connectivity index (χ0) is 16.6. The molecule has 3 rings (SSSR count). The second-order valence-electron chi connectivity index (χ2n) is 5.31. The zero-order valence-electron chi connectivity index (χ0n) is 13.4. The number of amides is 2. The molecule has 9 heteroatoms. The van der Waals surface area contributed by atoms with Crippen molar-refractivity contribution in [3.63, 3.8) is 0 Å². The molecule has 0 radical (unpaired) electrons. The summed E-state index contributed by atoms with van der Waals surface area (Å²) in [7, 11) is 2.95. The van der Waals surface area contributed by atoms with Crippen LogP contribution in [0.5, 0.6) is 11.9 Å². The quantitative estimate of drug-likeness (QED) is 0.924. The minimum absolute atomic E-state index is 0.177. The molecule has 0 saturated carbocycles. The molecule has 0 aromatic carbocycles. The Hall–Kier alpha value is -2.84. The first-order valence-corrected chi connectivity index (χ1v) is 7.14. The van der Waals surface area contributed by atoms with Crippen molar-refractivity contribution in [2.24, 2.45) is 0 Å². The number of nitrogens with one attached hydrogen (secondary N) is 1. The van der Waals surface area contributed by atoms with E-state index in [0.29, 0.717) is 18.1 Å². The number of imidazole rings is 1. The van der Waals surface area contributed by atoms with E-state index in [1.54, 1.807) is 6.33 Å². The maximum Gasteiger partial charge on any atom is 0.328 e. The zero-order valence-corrected chi connectivity index (χ0v) is 13.4. The molecule has 0 unspecified atom stereocenters. The summed E-state index contributed by atoms with van der Waals surface area (Å²) < 4.78 is 12.3. The lowest BCUT2D eigenvalue weighted by atomic mass is 10.2.